The molecule has 5 nitrogen and oxygen atoms in total. The van der Waals surface area contributed by atoms with Gasteiger partial charge in [-0.3, -0.25) is 9.10 Å². The molecule has 0 radical (unpaired) electrons. The molecule has 0 fully saturated rings. The van der Waals surface area contributed by atoms with Crippen LogP contribution in [0.3, 0.4) is 0 Å². The lowest BCUT2D eigenvalue weighted by Gasteiger charge is -2.24. The van der Waals surface area contributed by atoms with Crippen molar-refractivity contribution in [1.82, 2.24) is 0 Å². The number of carbonyl (C=O) groups excluding carboxylic acids is 1. The van der Waals surface area contributed by atoms with Crippen LogP contribution in [0, 0.1) is 5.82 Å². The number of hydrogen-bond donors (Lipinski definition) is 0. The van der Waals surface area contributed by atoms with Gasteiger partial charge in [0.25, 0.3) is 10.0 Å². The number of halogens is 4. The first kappa shape index (κ1) is 20.8. The summed E-state index contributed by atoms with van der Waals surface area (Å²) in [4.78, 5) is 11.6. The summed E-state index contributed by atoms with van der Waals surface area (Å²) in [7, 11) is -4.32. The van der Waals surface area contributed by atoms with Crippen LogP contribution in [-0.4, -0.2) is 27.5 Å². The molecule has 0 atom stereocenters. The molecule has 0 aliphatic rings. The predicted molar refractivity (Wildman–Crippen MR) is 99.0 cm³/mol. The fraction of sp³-hybridized carbons (Fsp3) is 0.188. The molecule has 0 unspecified atom stereocenters. The molecule has 2 aromatic rings. The first-order valence-electron chi connectivity index (χ1n) is 7.25. The van der Waals surface area contributed by atoms with Gasteiger partial charge in [0, 0.05) is 5.02 Å². The number of esters is 1. The van der Waals surface area contributed by atoms with Crippen molar-refractivity contribution in [3.05, 3.63) is 57.3 Å². The average molecular weight is 441 g/mol. The maximum absolute atomic E-state index is 13.5. The fourth-order valence-corrected chi connectivity index (χ4v) is 4.39. The Morgan fingerprint density at radius 2 is 1.81 bits per heavy atom. The van der Waals surface area contributed by atoms with E-state index in [1.54, 1.807) is 6.92 Å². The highest BCUT2D eigenvalue weighted by Crippen LogP contribution is 2.32. The number of benzene rings is 2. The van der Waals surface area contributed by atoms with E-state index in [0.717, 1.165) is 22.5 Å². The van der Waals surface area contributed by atoms with Gasteiger partial charge < -0.3 is 4.74 Å². The second-order valence-electron chi connectivity index (χ2n) is 4.99. The molecule has 2 aromatic carbocycles. The minimum atomic E-state index is -4.32. The van der Waals surface area contributed by atoms with E-state index in [1.165, 1.54) is 18.2 Å². The number of nitrogens with zero attached hydrogens (tertiary/aromatic N) is 1. The summed E-state index contributed by atoms with van der Waals surface area (Å²) in [5, 5.41) is -0.249. The fourth-order valence-electron chi connectivity index (χ4n) is 2.07. The van der Waals surface area contributed by atoms with Gasteiger partial charge in [0.05, 0.1) is 22.3 Å². The van der Waals surface area contributed by atoms with Crippen molar-refractivity contribution in [2.75, 3.05) is 17.5 Å². The van der Waals surface area contributed by atoms with Crippen LogP contribution in [-0.2, 0) is 19.6 Å². The summed E-state index contributed by atoms with van der Waals surface area (Å²) < 4.78 is 45.2. The summed E-state index contributed by atoms with van der Waals surface area (Å²) in [6, 6.07) is 7.15. The Balaban J connectivity index is 2.59. The third kappa shape index (κ3) is 4.59. The van der Waals surface area contributed by atoms with Crippen LogP contribution in [0.25, 0.3) is 0 Å². The molecule has 0 spiro atoms. The molecule has 26 heavy (non-hydrogen) atoms. The van der Waals surface area contributed by atoms with Crippen molar-refractivity contribution in [2.45, 2.75) is 11.8 Å². The standard InChI is InChI=1S/C16H13Cl3FNO4S/c1-2-25-16(22)9-21(11-4-6-14(20)13(19)8-11)26(23,24)15-7-10(17)3-5-12(15)18/h3-8H,2,9H2,1H3. The summed E-state index contributed by atoms with van der Waals surface area (Å²) in [6.07, 6.45) is 0. The zero-order valence-electron chi connectivity index (χ0n) is 13.4. The third-order valence-electron chi connectivity index (χ3n) is 3.23. The van der Waals surface area contributed by atoms with E-state index in [4.69, 9.17) is 39.5 Å². The van der Waals surface area contributed by atoms with E-state index >= 15 is 0 Å². The van der Waals surface area contributed by atoms with Crippen LogP contribution < -0.4 is 4.31 Å². The highest BCUT2D eigenvalue weighted by molar-refractivity contribution is 7.93. The molecular weight excluding hydrogens is 428 g/mol. The van der Waals surface area contributed by atoms with Gasteiger partial charge >= 0.3 is 5.97 Å². The lowest BCUT2D eigenvalue weighted by Crippen LogP contribution is -2.36. The molecule has 140 valence electrons. The van der Waals surface area contributed by atoms with Crippen LogP contribution in [0.1, 0.15) is 6.92 Å². The van der Waals surface area contributed by atoms with Crippen LogP contribution >= 0.6 is 34.8 Å². The number of carbonyl (C=O) groups is 1. The van der Waals surface area contributed by atoms with Crippen molar-refractivity contribution in [2.24, 2.45) is 0 Å². The zero-order chi connectivity index (χ0) is 19.5. The summed E-state index contributed by atoms with van der Waals surface area (Å²) >= 11 is 17.6. The van der Waals surface area contributed by atoms with Gasteiger partial charge in [0.2, 0.25) is 0 Å². The van der Waals surface area contributed by atoms with Crippen molar-refractivity contribution < 1.29 is 22.3 Å². The minimum Gasteiger partial charge on any atom is -0.465 e. The van der Waals surface area contributed by atoms with E-state index < -0.39 is 28.4 Å². The number of hydrogen-bond acceptors (Lipinski definition) is 4. The van der Waals surface area contributed by atoms with Crippen LogP contribution in [0.5, 0.6) is 0 Å². The number of rotatable bonds is 6. The minimum absolute atomic E-state index is 0.0273. The lowest BCUT2D eigenvalue weighted by molar-refractivity contribution is -0.141. The van der Waals surface area contributed by atoms with E-state index in [0.29, 0.717) is 0 Å². The maximum atomic E-state index is 13.5. The number of anilines is 1. The molecular formula is C16H13Cl3FNO4S. The third-order valence-corrected chi connectivity index (χ3v) is 6.01. The smallest absolute Gasteiger partial charge is 0.326 e. The van der Waals surface area contributed by atoms with Crippen LogP contribution in [0.2, 0.25) is 15.1 Å². The van der Waals surface area contributed by atoms with Crippen molar-refractivity contribution >= 4 is 56.5 Å². The second-order valence-corrected chi connectivity index (χ2v) is 8.07. The van der Waals surface area contributed by atoms with Gasteiger partial charge in [-0.25, -0.2) is 12.8 Å². The van der Waals surface area contributed by atoms with Gasteiger partial charge in [-0.1, -0.05) is 34.8 Å². The highest BCUT2D eigenvalue weighted by Gasteiger charge is 2.30. The van der Waals surface area contributed by atoms with Crippen molar-refractivity contribution in [3.8, 4) is 0 Å². The van der Waals surface area contributed by atoms with Gasteiger partial charge in [-0.15, -0.1) is 0 Å². The largest absolute Gasteiger partial charge is 0.465 e. The van der Waals surface area contributed by atoms with E-state index in [1.807, 2.05) is 0 Å². The molecule has 0 saturated heterocycles. The monoisotopic (exact) mass is 439 g/mol. The molecule has 0 heterocycles. The molecule has 0 amide bonds. The Hall–Kier alpha value is -1.54. The zero-order valence-corrected chi connectivity index (χ0v) is 16.5. The Morgan fingerprint density at radius 1 is 1.12 bits per heavy atom. The second kappa shape index (κ2) is 8.43. The molecule has 0 bridgehead atoms. The van der Waals surface area contributed by atoms with Crippen LogP contribution in [0.15, 0.2) is 41.3 Å². The molecule has 0 aromatic heterocycles. The molecule has 0 saturated carbocycles. The Bertz CT molecular complexity index is 937. The van der Waals surface area contributed by atoms with Gasteiger partial charge in [0.1, 0.15) is 17.3 Å². The summed E-state index contributed by atoms with van der Waals surface area (Å²) in [5.74, 6) is -1.53. The Morgan fingerprint density at radius 3 is 2.42 bits per heavy atom. The normalized spacial score (nSPS) is 11.3. The first-order valence-corrected chi connectivity index (χ1v) is 9.82. The molecule has 2 rings (SSSR count). The molecule has 0 N–H and O–H groups in total. The van der Waals surface area contributed by atoms with Crippen LogP contribution in [0.4, 0.5) is 10.1 Å². The lowest BCUT2D eigenvalue weighted by atomic mass is 10.3. The summed E-state index contributed by atoms with van der Waals surface area (Å²) in [6.45, 7) is 0.995. The Labute approximate surface area is 165 Å². The number of sulfonamides is 1. The quantitative estimate of drug-likeness (QED) is 0.619. The predicted octanol–water partition coefficient (Wildman–Crippen LogP) is 4.54. The first-order chi connectivity index (χ1) is 12.2. The molecule has 0 aliphatic carbocycles. The maximum Gasteiger partial charge on any atom is 0.326 e. The highest BCUT2D eigenvalue weighted by atomic mass is 35.5. The summed E-state index contributed by atoms with van der Waals surface area (Å²) in [5.41, 5.74) is -0.0273. The van der Waals surface area contributed by atoms with Crippen molar-refractivity contribution in [3.63, 3.8) is 0 Å². The molecule has 0 aliphatic heterocycles. The Kier molecular flexibility index (Phi) is 6.74. The van der Waals surface area contributed by atoms with E-state index in [2.05, 4.69) is 0 Å². The van der Waals surface area contributed by atoms with E-state index in [-0.39, 0.29) is 32.3 Å². The molecule has 10 heteroatoms. The SMILES string of the molecule is CCOC(=O)CN(c1ccc(F)c(Cl)c1)S(=O)(=O)c1cc(Cl)ccc1Cl. The van der Waals surface area contributed by atoms with Crippen molar-refractivity contribution in [1.29, 1.82) is 0 Å². The van der Waals surface area contributed by atoms with Gasteiger partial charge in [0.15, 0.2) is 0 Å². The number of ether oxygens (including phenoxy) is 1. The average Bonchev–Trinajstić information content (AvgIpc) is 2.57. The van der Waals surface area contributed by atoms with Gasteiger partial charge in [-0.2, -0.15) is 0 Å². The van der Waals surface area contributed by atoms with E-state index in [9.17, 15) is 17.6 Å². The van der Waals surface area contributed by atoms with Gasteiger partial charge in [-0.05, 0) is 43.3 Å². The topological polar surface area (TPSA) is 63.7 Å².